The molecule has 1 saturated carbocycles. The van der Waals surface area contributed by atoms with Crippen LogP contribution in [0.25, 0.3) is 0 Å². The van der Waals surface area contributed by atoms with Gasteiger partial charge in [-0.2, -0.15) is 0 Å². The van der Waals surface area contributed by atoms with Crippen LogP contribution in [0.3, 0.4) is 0 Å². The number of nitrogens with zero attached hydrogens (tertiary/aromatic N) is 1. The Bertz CT molecular complexity index is 279. The van der Waals surface area contributed by atoms with Crippen molar-refractivity contribution in [2.24, 2.45) is 5.41 Å². The molecule has 0 radical (unpaired) electrons. The quantitative estimate of drug-likeness (QED) is 0.731. The second kappa shape index (κ2) is 4.53. The number of amides is 2. The Hall–Kier alpha value is -0.900. The van der Waals surface area contributed by atoms with Crippen LogP contribution in [0.1, 0.15) is 44.9 Å². The summed E-state index contributed by atoms with van der Waals surface area (Å²) in [4.78, 5) is 24.7. The van der Waals surface area contributed by atoms with Crippen LogP contribution < -0.4 is 0 Å². The highest BCUT2D eigenvalue weighted by Crippen LogP contribution is 2.38. The zero-order valence-electron chi connectivity index (χ0n) is 9.57. The second-order valence-corrected chi connectivity index (χ2v) is 5.09. The molecule has 2 aliphatic rings. The van der Waals surface area contributed by atoms with Crippen LogP contribution in [0.4, 0.5) is 0 Å². The Morgan fingerprint density at radius 3 is 2.12 bits per heavy atom. The van der Waals surface area contributed by atoms with E-state index in [4.69, 9.17) is 0 Å². The minimum Gasteiger partial charge on any atom is -0.396 e. The lowest BCUT2D eigenvalue weighted by molar-refractivity contribution is -0.150. The van der Waals surface area contributed by atoms with Crippen molar-refractivity contribution < 1.29 is 14.7 Å². The lowest BCUT2D eigenvalue weighted by Gasteiger charge is -2.34. The molecule has 0 aromatic heterocycles. The van der Waals surface area contributed by atoms with E-state index in [0.717, 1.165) is 25.7 Å². The first kappa shape index (κ1) is 11.6. The Labute approximate surface area is 95.6 Å². The van der Waals surface area contributed by atoms with Crippen LogP contribution >= 0.6 is 0 Å². The molecule has 4 heteroatoms. The monoisotopic (exact) mass is 225 g/mol. The second-order valence-electron chi connectivity index (χ2n) is 5.09. The minimum absolute atomic E-state index is 0.0593. The molecule has 0 atom stereocenters. The van der Waals surface area contributed by atoms with E-state index in [-0.39, 0.29) is 23.8 Å². The molecule has 16 heavy (non-hydrogen) atoms. The van der Waals surface area contributed by atoms with E-state index in [1.807, 2.05) is 0 Å². The van der Waals surface area contributed by atoms with Gasteiger partial charge in [0.15, 0.2) is 0 Å². The summed E-state index contributed by atoms with van der Waals surface area (Å²) in [5, 5.41) is 9.47. The molecule has 1 N–H and O–H groups in total. The predicted molar refractivity (Wildman–Crippen MR) is 58.6 cm³/mol. The summed E-state index contributed by atoms with van der Waals surface area (Å²) in [5.74, 6) is -0.119. The number of rotatable bonds is 3. The highest BCUT2D eigenvalue weighted by molar-refractivity contribution is 5.97. The predicted octanol–water partition coefficient (Wildman–Crippen LogP) is 1.08. The standard InChI is InChI=1S/C12H19NO3/c14-9-12(6-1-2-7-12)8-13-10(15)4-3-5-11(13)16/h14H,1-9H2. The molecule has 0 unspecified atom stereocenters. The number of piperidine rings is 1. The Morgan fingerprint density at radius 1 is 1.06 bits per heavy atom. The summed E-state index contributed by atoms with van der Waals surface area (Å²) in [6.07, 6.45) is 5.69. The topological polar surface area (TPSA) is 57.6 Å². The zero-order chi connectivity index (χ0) is 11.6. The average Bonchev–Trinajstić information content (AvgIpc) is 2.73. The number of imide groups is 1. The van der Waals surface area contributed by atoms with Gasteiger partial charge >= 0.3 is 0 Å². The third kappa shape index (κ3) is 2.12. The van der Waals surface area contributed by atoms with E-state index in [9.17, 15) is 14.7 Å². The first-order valence-electron chi connectivity index (χ1n) is 6.11. The Morgan fingerprint density at radius 2 is 1.62 bits per heavy atom. The number of carbonyl (C=O) groups excluding carboxylic acids is 2. The SMILES string of the molecule is O=C1CCCC(=O)N1CC1(CO)CCCC1. The molecule has 0 spiro atoms. The molecule has 1 saturated heterocycles. The third-order valence-corrected chi connectivity index (χ3v) is 3.88. The lowest BCUT2D eigenvalue weighted by atomic mass is 9.86. The smallest absolute Gasteiger partial charge is 0.229 e. The summed E-state index contributed by atoms with van der Waals surface area (Å²) in [7, 11) is 0. The van der Waals surface area contributed by atoms with Crippen LogP contribution in [-0.4, -0.2) is 35.0 Å². The molecule has 2 fully saturated rings. The largest absolute Gasteiger partial charge is 0.396 e. The molecule has 0 aromatic rings. The lowest BCUT2D eigenvalue weighted by Crippen LogP contribution is -2.47. The molecular formula is C12H19NO3. The molecule has 2 amide bonds. The van der Waals surface area contributed by atoms with E-state index in [2.05, 4.69) is 0 Å². The number of likely N-dealkylation sites (tertiary alicyclic amines) is 1. The van der Waals surface area contributed by atoms with E-state index in [1.165, 1.54) is 4.90 Å². The molecule has 1 aliphatic heterocycles. The normalized spacial score (nSPS) is 25.2. The Balaban J connectivity index is 2.06. The minimum atomic E-state index is -0.206. The van der Waals surface area contributed by atoms with Crippen molar-refractivity contribution in [3.63, 3.8) is 0 Å². The van der Waals surface area contributed by atoms with Gasteiger partial charge in [-0.05, 0) is 19.3 Å². The highest BCUT2D eigenvalue weighted by atomic mass is 16.3. The summed E-state index contributed by atoms with van der Waals surface area (Å²) in [6, 6.07) is 0. The van der Waals surface area contributed by atoms with Crippen molar-refractivity contribution in [1.29, 1.82) is 0 Å². The van der Waals surface area contributed by atoms with Gasteiger partial charge in [-0.1, -0.05) is 12.8 Å². The molecule has 1 aliphatic carbocycles. The van der Waals surface area contributed by atoms with Crippen LogP contribution in [0.5, 0.6) is 0 Å². The summed E-state index contributed by atoms with van der Waals surface area (Å²) in [5.41, 5.74) is -0.206. The van der Waals surface area contributed by atoms with Crippen LogP contribution in [0.15, 0.2) is 0 Å². The maximum Gasteiger partial charge on any atom is 0.229 e. The number of hydrogen-bond acceptors (Lipinski definition) is 3. The fourth-order valence-corrected chi connectivity index (χ4v) is 2.80. The van der Waals surface area contributed by atoms with Gasteiger partial charge in [0, 0.05) is 24.8 Å². The first-order chi connectivity index (χ1) is 7.67. The van der Waals surface area contributed by atoms with E-state index in [1.54, 1.807) is 0 Å². The average molecular weight is 225 g/mol. The van der Waals surface area contributed by atoms with Gasteiger partial charge in [-0.15, -0.1) is 0 Å². The molecular weight excluding hydrogens is 206 g/mol. The van der Waals surface area contributed by atoms with Crippen molar-refractivity contribution in [3.8, 4) is 0 Å². The van der Waals surface area contributed by atoms with Gasteiger partial charge in [-0.25, -0.2) is 0 Å². The maximum absolute atomic E-state index is 11.7. The molecule has 0 aromatic carbocycles. The molecule has 2 rings (SSSR count). The van der Waals surface area contributed by atoms with E-state index in [0.29, 0.717) is 25.8 Å². The zero-order valence-corrected chi connectivity index (χ0v) is 9.57. The summed E-state index contributed by atoms with van der Waals surface area (Å²) in [6.45, 7) is 0.519. The molecule has 1 heterocycles. The number of hydrogen-bond donors (Lipinski definition) is 1. The third-order valence-electron chi connectivity index (χ3n) is 3.88. The number of carbonyl (C=O) groups is 2. The van der Waals surface area contributed by atoms with Gasteiger partial charge in [0.1, 0.15) is 0 Å². The van der Waals surface area contributed by atoms with Gasteiger partial charge in [0.25, 0.3) is 0 Å². The fourth-order valence-electron chi connectivity index (χ4n) is 2.80. The summed E-state index contributed by atoms with van der Waals surface area (Å²) < 4.78 is 0. The van der Waals surface area contributed by atoms with Crippen molar-refractivity contribution in [2.45, 2.75) is 44.9 Å². The van der Waals surface area contributed by atoms with Gasteiger partial charge in [0.2, 0.25) is 11.8 Å². The van der Waals surface area contributed by atoms with E-state index < -0.39 is 0 Å². The van der Waals surface area contributed by atoms with E-state index >= 15 is 0 Å². The number of aliphatic hydroxyl groups is 1. The maximum atomic E-state index is 11.7. The van der Waals surface area contributed by atoms with Crippen molar-refractivity contribution in [2.75, 3.05) is 13.2 Å². The van der Waals surface area contributed by atoms with Crippen molar-refractivity contribution in [3.05, 3.63) is 0 Å². The van der Waals surface area contributed by atoms with Crippen LogP contribution in [-0.2, 0) is 9.59 Å². The highest BCUT2D eigenvalue weighted by Gasteiger charge is 2.39. The van der Waals surface area contributed by atoms with Crippen molar-refractivity contribution >= 4 is 11.8 Å². The molecule has 4 nitrogen and oxygen atoms in total. The first-order valence-corrected chi connectivity index (χ1v) is 6.11. The molecule has 0 bridgehead atoms. The molecule has 90 valence electrons. The van der Waals surface area contributed by atoms with Gasteiger partial charge in [-0.3, -0.25) is 14.5 Å². The van der Waals surface area contributed by atoms with Crippen molar-refractivity contribution in [1.82, 2.24) is 4.90 Å². The van der Waals surface area contributed by atoms with Crippen LogP contribution in [0, 0.1) is 5.41 Å². The van der Waals surface area contributed by atoms with Crippen LogP contribution in [0.2, 0.25) is 0 Å². The summed E-state index contributed by atoms with van der Waals surface area (Å²) >= 11 is 0. The van der Waals surface area contributed by atoms with Gasteiger partial charge in [0.05, 0.1) is 6.61 Å². The Kier molecular flexibility index (Phi) is 3.28. The number of aliphatic hydroxyl groups excluding tert-OH is 1. The fraction of sp³-hybridized carbons (Fsp3) is 0.833. The van der Waals surface area contributed by atoms with Gasteiger partial charge < -0.3 is 5.11 Å².